The first-order valence-corrected chi connectivity index (χ1v) is 10.7. The standard InChI is InChI=1S/C21H28N6O2S.HI/c1-5-13-29-18-14-16(7-8-17(18)28-4)15-23-20(22-3)26-9-11-27(12-10-26)21-24-19(6-2)25-30-21;/h1,7-8,14H,6,9-13,15H2,2-4H3,(H,22,23);1H. The lowest BCUT2D eigenvalue weighted by Gasteiger charge is -2.36. The average molecular weight is 556 g/mol. The van der Waals surface area contributed by atoms with Crippen LogP contribution in [0.15, 0.2) is 23.2 Å². The topological polar surface area (TPSA) is 75.1 Å². The van der Waals surface area contributed by atoms with Crippen LogP contribution >= 0.6 is 35.5 Å². The van der Waals surface area contributed by atoms with Crippen LogP contribution in [0, 0.1) is 12.3 Å². The number of aliphatic imine (C=N–C) groups is 1. The van der Waals surface area contributed by atoms with E-state index in [-0.39, 0.29) is 30.6 Å². The van der Waals surface area contributed by atoms with E-state index >= 15 is 0 Å². The Hall–Kier alpha value is -2.26. The fourth-order valence-corrected chi connectivity index (χ4v) is 4.00. The molecule has 1 aromatic heterocycles. The highest BCUT2D eigenvalue weighted by atomic mass is 127. The van der Waals surface area contributed by atoms with Crippen molar-refractivity contribution in [2.24, 2.45) is 4.99 Å². The predicted molar refractivity (Wildman–Crippen MR) is 136 cm³/mol. The largest absolute Gasteiger partial charge is 0.493 e. The van der Waals surface area contributed by atoms with E-state index in [9.17, 15) is 0 Å². The predicted octanol–water partition coefficient (Wildman–Crippen LogP) is 2.64. The quantitative estimate of drug-likeness (QED) is 0.243. The third-order valence-corrected chi connectivity index (χ3v) is 5.64. The normalized spacial score (nSPS) is 13.9. The number of benzene rings is 1. The summed E-state index contributed by atoms with van der Waals surface area (Å²) in [7, 11) is 3.42. The van der Waals surface area contributed by atoms with Crippen molar-refractivity contribution in [1.82, 2.24) is 19.6 Å². The highest BCUT2D eigenvalue weighted by Crippen LogP contribution is 2.28. The molecule has 0 unspecified atom stereocenters. The number of terminal acetylenes is 1. The van der Waals surface area contributed by atoms with E-state index in [0.29, 0.717) is 18.0 Å². The van der Waals surface area contributed by atoms with Crippen LogP contribution in [-0.2, 0) is 13.0 Å². The van der Waals surface area contributed by atoms with E-state index in [1.54, 1.807) is 7.11 Å². The molecule has 0 saturated carbocycles. The second kappa shape index (κ2) is 12.6. The summed E-state index contributed by atoms with van der Waals surface area (Å²) >= 11 is 1.48. The summed E-state index contributed by atoms with van der Waals surface area (Å²) in [5, 5.41) is 4.45. The maximum atomic E-state index is 5.59. The van der Waals surface area contributed by atoms with Gasteiger partial charge in [-0.15, -0.1) is 30.4 Å². The van der Waals surface area contributed by atoms with Gasteiger partial charge < -0.3 is 24.6 Å². The van der Waals surface area contributed by atoms with Crippen LogP contribution in [0.25, 0.3) is 0 Å². The first-order chi connectivity index (χ1) is 14.7. The zero-order chi connectivity index (χ0) is 21.3. The van der Waals surface area contributed by atoms with Gasteiger partial charge in [-0.1, -0.05) is 18.9 Å². The van der Waals surface area contributed by atoms with Crippen molar-refractivity contribution in [2.45, 2.75) is 19.9 Å². The van der Waals surface area contributed by atoms with Crippen LogP contribution in [-0.4, -0.2) is 67.2 Å². The third kappa shape index (κ3) is 6.61. The Kier molecular flexibility index (Phi) is 10.1. The van der Waals surface area contributed by atoms with Gasteiger partial charge in [0.05, 0.1) is 7.11 Å². The van der Waals surface area contributed by atoms with Crippen molar-refractivity contribution in [3.05, 3.63) is 29.6 Å². The molecule has 10 heteroatoms. The molecule has 0 aliphatic carbocycles. The number of aromatic nitrogens is 2. The average Bonchev–Trinajstić information content (AvgIpc) is 3.28. The van der Waals surface area contributed by atoms with E-state index in [1.807, 2.05) is 25.2 Å². The molecule has 31 heavy (non-hydrogen) atoms. The van der Waals surface area contributed by atoms with Gasteiger partial charge in [0.2, 0.25) is 5.13 Å². The summed E-state index contributed by atoms with van der Waals surface area (Å²) in [6, 6.07) is 5.83. The van der Waals surface area contributed by atoms with Gasteiger partial charge in [-0.05, 0) is 17.7 Å². The lowest BCUT2D eigenvalue weighted by atomic mass is 10.2. The molecule has 0 spiro atoms. The van der Waals surface area contributed by atoms with E-state index in [4.69, 9.17) is 15.9 Å². The van der Waals surface area contributed by atoms with E-state index < -0.39 is 0 Å². The molecule has 2 aromatic rings. The molecular weight excluding hydrogens is 527 g/mol. The number of hydrogen-bond acceptors (Lipinski definition) is 7. The van der Waals surface area contributed by atoms with Crippen LogP contribution in [0.2, 0.25) is 0 Å². The minimum Gasteiger partial charge on any atom is -0.493 e. The van der Waals surface area contributed by atoms with Gasteiger partial charge in [-0.25, -0.2) is 4.98 Å². The van der Waals surface area contributed by atoms with Crippen LogP contribution < -0.4 is 19.7 Å². The first kappa shape index (κ1) is 25.0. The van der Waals surface area contributed by atoms with Crippen LogP contribution in [0.1, 0.15) is 18.3 Å². The molecule has 1 aliphatic heterocycles. The Morgan fingerprint density at radius 3 is 2.68 bits per heavy atom. The number of rotatable bonds is 7. The number of methoxy groups -OCH3 is 1. The molecule has 168 valence electrons. The summed E-state index contributed by atoms with van der Waals surface area (Å²) in [5.41, 5.74) is 1.06. The van der Waals surface area contributed by atoms with Gasteiger partial charge in [-0.3, -0.25) is 4.99 Å². The van der Waals surface area contributed by atoms with Crippen molar-refractivity contribution in [3.63, 3.8) is 0 Å². The first-order valence-electron chi connectivity index (χ1n) is 9.94. The Bertz CT molecular complexity index is 906. The van der Waals surface area contributed by atoms with E-state index in [1.165, 1.54) is 11.5 Å². The minimum absolute atomic E-state index is 0. The number of guanidine groups is 1. The summed E-state index contributed by atoms with van der Waals surface area (Å²) in [6.07, 6.45) is 6.17. The van der Waals surface area contributed by atoms with Gasteiger partial charge in [0.25, 0.3) is 0 Å². The molecule has 0 radical (unpaired) electrons. The number of anilines is 1. The summed E-state index contributed by atoms with van der Waals surface area (Å²) in [6.45, 7) is 6.44. The second-order valence-corrected chi connectivity index (χ2v) is 7.43. The SMILES string of the molecule is C#CCOc1cc(CNC(=NC)N2CCN(c3nc(CC)ns3)CC2)ccc1OC.I. The smallest absolute Gasteiger partial charge is 0.205 e. The number of aryl methyl sites for hydroxylation is 1. The molecule has 1 fully saturated rings. The highest BCUT2D eigenvalue weighted by Gasteiger charge is 2.22. The van der Waals surface area contributed by atoms with Crippen LogP contribution in [0.3, 0.4) is 0 Å². The number of halogens is 1. The lowest BCUT2D eigenvalue weighted by molar-refractivity contribution is 0.330. The summed E-state index contributed by atoms with van der Waals surface area (Å²) in [4.78, 5) is 13.6. The van der Waals surface area contributed by atoms with Crippen molar-refractivity contribution in [1.29, 1.82) is 0 Å². The van der Waals surface area contributed by atoms with Gasteiger partial charge in [0, 0.05) is 57.7 Å². The molecule has 2 heterocycles. The molecule has 8 nitrogen and oxygen atoms in total. The van der Waals surface area contributed by atoms with Crippen LogP contribution in [0.5, 0.6) is 11.5 Å². The fraction of sp³-hybridized carbons (Fsp3) is 0.476. The second-order valence-electron chi connectivity index (χ2n) is 6.70. The summed E-state index contributed by atoms with van der Waals surface area (Å²) < 4.78 is 15.3. The van der Waals surface area contributed by atoms with E-state index in [0.717, 1.165) is 55.1 Å². The van der Waals surface area contributed by atoms with Crippen molar-refractivity contribution in [2.75, 3.05) is 51.8 Å². The van der Waals surface area contributed by atoms with Crippen molar-refractivity contribution >= 4 is 46.6 Å². The fourth-order valence-electron chi connectivity index (χ4n) is 3.20. The Labute approximate surface area is 205 Å². The number of nitrogens with zero attached hydrogens (tertiary/aromatic N) is 5. The zero-order valence-electron chi connectivity index (χ0n) is 18.1. The third-order valence-electron chi connectivity index (χ3n) is 4.82. The van der Waals surface area contributed by atoms with Gasteiger partial charge in [0.15, 0.2) is 17.5 Å². The molecule has 0 bridgehead atoms. The molecule has 1 aliphatic rings. The highest BCUT2D eigenvalue weighted by molar-refractivity contribution is 14.0. The molecule has 0 amide bonds. The number of ether oxygens (including phenoxy) is 2. The number of nitrogens with one attached hydrogen (secondary N) is 1. The molecular formula is C21H29IN6O2S. The molecule has 1 N–H and O–H groups in total. The van der Waals surface area contributed by atoms with Gasteiger partial charge in [0.1, 0.15) is 12.4 Å². The van der Waals surface area contributed by atoms with Crippen LogP contribution in [0.4, 0.5) is 5.13 Å². The van der Waals surface area contributed by atoms with Gasteiger partial charge in [-0.2, -0.15) is 4.37 Å². The van der Waals surface area contributed by atoms with Gasteiger partial charge >= 0.3 is 0 Å². The summed E-state index contributed by atoms with van der Waals surface area (Å²) in [5.74, 6) is 5.58. The maximum Gasteiger partial charge on any atom is 0.205 e. The maximum absolute atomic E-state index is 5.59. The lowest BCUT2D eigenvalue weighted by Crippen LogP contribution is -2.52. The molecule has 0 atom stereocenters. The molecule has 1 saturated heterocycles. The zero-order valence-corrected chi connectivity index (χ0v) is 21.3. The Balaban J connectivity index is 0.00000341. The molecule has 3 rings (SSSR count). The monoisotopic (exact) mass is 556 g/mol. The number of hydrogen-bond donors (Lipinski definition) is 1. The van der Waals surface area contributed by atoms with E-state index in [2.05, 4.69) is 42.3 Å². The molecule has 1 aromatic carbocycles. The minimum atomic E-state index is 0. The Morgan fingerprint density at radius 1 is 1.29 bits per heavy atom. The van der Waals surface area contributed by atoms with Crippen molar-refractivity contribution < 1.29 is 9.47 Å². The Morgan fingerprint density at radius 2 is 2.06 bits per heavy atom. The van der Waals surface area contributed by atoms with Crippen molar-refractivity contribution in [3.8, 4) is 23.8 Å². The number of piperazine rings is 1.